The summed E-state index contributed by atoms with van der Waals surface area (Å²) >= 11 is 0. The van der Waals surface area contributed by atoms with Gasteiger partial charge in [-0.3, -0.25) is 38.3 Å². The Morgan fingerprint density at radius 1 is 0.783 bits per heavy atom. The van der Waals surface area contributed by atoms with E-state index < -0.39 is 47.6 Å². The van der Waals surface area contributed by atoms with Crippen LogP contribution in [0.2, 0.25) is 0 Å². The van der Waals surface area contributed by atoms with Crippen LogP contribution in [0.4, 0.5) is 21.1 Å². The van der Waals surface area contributed by atoms with Crippen LogP contribution in [0, 0.1) is 5.92 Å². The minimum atomic E-state index is -1.09. The molecule has 6 rings (SSSR count). The number of H-pyrrole nitrogens is 1. The van der Waals surface area contributed by atoms with Gasteiger partial charge >= 0.3 is 23.8 Å². The predicted octanol–water partition coefficient (Wildman–Crippen LogP) is 2.33. The van der Waals surface area contributed by atoms with Gasteiger partial charge in [-0.05, 0) is 66.1 Å². The molecule has 8 amide bonds. The first-order valence-electron chi connectivity index (χ1n) is 27.0. The minimum Gasteiger partial charge on any atom is -0.496 e. The number of carbonyl (C=O) groups is 7. The molecule has 0 saturated carbocycles. The van der Waals surface area contributed by atoms with Crippen molar-refractivity contribution in [2.45, 2.75) is 84.9 Å². The molecule has 0 radical (unpaired) electrons. The van der Waals surface area contributed by atoms with Crippen molar-refractivity contribution in [3.8, 4) is 11.8 Å². The average Bonchev–Trinajstić information content (AvgIpc) is 3.97. The monoisotopic (exact) mass is 1150 g/mol. The standard InChI is InChI=1S/C56H73N13O14/c1-5-82-54-65-49(58)48-50(66-54)69(55(76)64-48)33-40-15-12-39(29-43(40)78-4)32-67(31-37-10-8-36(30-57)9-11-37)56(77)83-34-38-13-16-41(17-14-38)61-51(73)42(7-6-21-60-53(59)75)62-52(74)47(35(2)3)63-44(70)20-23-79-25-27-81-28-26-80-24-22-68-45(71)18-19-46(68)72/h8-19,29,35,42,47H,5-7,20-28,30-34,57H2,1-4H3,(H,61,73)(H,62,74)(H,63,70)(H,64,76)(H2,58,65,66)(H3,59,60,75)/t42-,47-/m0/s1. The van der Waals surface area contributed by atoms with Crippen molar-refractivity contribution in [3.63, 3.8) is 0 Å². The van der Waals surface area contributed by atoms with Gasteiger partial charge in [0, 0.05) is 56.0 Å². The van der Waals surface area contributed by atoms with Crippen LogP contribution in [0.3, 0.4) is 0 Å². The fourth-order valence-corrected chi connectivity index (χ4v) is 8.46. The number of hydrogen-bond donors (Lipinski definition) is 8. The van der Waals surface area contributed by atoms with Crippen molar-refractivity contribution in [3.05, 3.63) is 117 Å². The lowest BCUT2D eigenvalue weighted by Gasteiger charge is -2.25. The summed E-state index contributed by atoms with van der Waals surface area (Å²) in [5, 5.41) is 10.8. The number of nitrogens with one attached hydrogen (secondary N) is 5. The Hall–Kier alpha value is -8.92. The zero-order valence-corrected chi connectivity index (χ0v) is 46.9. The van der Waals surface area contributed by atoms with Crippen LogP contribution >= 0.6 is 0 Å². The first-order valence-corrected chi connectivity index (χ1v) is 27.0. The number of rotatable bonds is 34. The van der Waals surface area contributed by atoms with Gasteiger partial charge in [-0.15, -0.1) is 0 Å². The van der Waals surface area contributed by atoms with Crippen LogP contribution in [-0.4, -0.2) is 150 Å². The van der Waals surface area contributed by atoms with E-state index in [-0.39, 0.29) is 139 Å². The molecule has 0 fully saturated rings. The number of benzene rings is 3. The van der Waals surface area contributed by atoms with Crippen LogP contribution in [-0.2, 0) is 75.7 Å². The lowest BCUT2D eigenvalue weighted by Crippen LogP contribution is -2.54. The molecule has 1 aliphatic heterocycles. The Balaban J connectivity index is 1.02. The van der Waals surface area contributed by atoms with Gasteiger partial charge in [0.1, 0.15) is 30.0 Å². The number of imide groups is 1. The predicted molar refractivity (Wildman–Crippen MR) is 303 cm³/mol. The number of amides is 8. The van der Waals surface area contributed by atoms with E-state index in [4.69, 9.17) is 45.6 Å². The molecular formula is C56H73N13O14. The van der Waals surface area contributed by atoms with E-state index in [2.05, 4.69) is 36.2 Å². The average molecular weight is 1150 g/mol. The largest absolute Gasteiger partial charge is 0.496 e. The highest BCUT2D eigenvalue weighted by molar-refractivity contribution is 6.12. The highest BCUT2D eigenvalue weighted by Crippen LogP contribution is 2.26. The number of methoxy groups -OCH3 is 1. The summed E-state index contributed by atoms with van der Waals surface area (Å²) < 4.78 is 34.9. The van der Waals surface area contributed by atoms with Crippen LogP contribution in [0.25, 0.3) is 11.2 Å². The van der Waals surface area contributed by atoms with Gasteiger partial charge in [0.2, 0.25) is 17.7 Å². The lowest BCUT2D eigenvalue weighted by atomic mass is 10.0. The third-order valence-corrected chi connectivity index (χ3v) is 12.9. The highest BCUT2D eigenvalue weighted by Gasteiger charge is 2.29. The maximum absolute atomic E-state index is 14.0. The van der Waals surface area contributed by atoms with E-state index in [0.29, 0.717) is 41.3 Å². The second kappa shape index (κ2) is 31.9. The molecule has 11 N–H and O–H groups in total. The molecule has 5 aromatic rings. The molecular weight excluding hydrogens is 1080 g/mol. The van der Waals surface area contributed by atoms with Gasteiger partial charge in [0.25, 0.3) is 11.8 Å². The Morgan fingerprint density at radius 2 is 1.42 bits per heavy atom. The number of carbonyl (C=O) groups excluding carboxylic acids is 7. The summed E-state index contributed by atoms with van der Waals surface area (Å²) in [6.07, 6.45) is 2.11. The van der Waals surface area contributed by atoms with Crippen LogP contribution in [0.1, 0.15) is 67.9 Å². The van der Waals surface area contributed by atoms with E-state index in [9.17, 15) is 38.4 Å². The Labute approximate surface area is 478 Å². The van der Waals surface area contributed by atoms with Gasteiger partial charge in [0.05, 0.1) is 66.4 Å². The molecule has 0 bridgehead atoms. The van der Waals surface area contributed by atoms with Gasteiger partial charge in [-0.25, -0.2) is 14.4 Å². The summed E-state index contributed by atoms with van der Waals surface area (Å²) in [6, 6.07) is 16.7. The van der Waals surface area contributed by atoms with E-state index in [1.165, 1.54) is 28.7 Å². The number of ether oxygens (including phenoxy) is 6. The van der Waals surface area contributed by atoms with Crippen molar-refractivity contribution < 1.29 is 62.0 Å². The zero-order valence-electron chi connectivity index (χ0n) is 46.9. The number of urea groups is 1. The van der Waals surface area contributed by atoms with Crippen LogP contribution in [0.5, 0.6) is 11.8 Å². The quantitative estimate of drug-likeness (QED) is 0.0216. The van der Waals surface area contributed by atoms with Crippen LogP contribution in [0.15, 0.2) is 83.7 Å². The minimum absolute atomic E-state index is 0.0330. The summed E-state index contributed by atoms with van der Waals surface area (Å²) in [5.74, 6) is -2.23. The molecule has 1 aliphatic rings. The van der Waals surface area contributed by atoms with E-state index >= 15 is 0 Å². The summed E-state index contributed by atoms with van der Waals surface area (Å²) in [5.41, 5.74) is 21.3. The molecule has 27 nitrogen and oxygen atoms in total. The highest BCUT2D eigenvalue weighted by atomic mass is 16.6. The topological polar surface area (TPSA) is 371 Å². The number of primary amides is 1. The number of aromatic amines is 1. The second-order valence-electron chi connectivity index (χ2n) is 19.3. The number of fused-ring (bicyclic) bond motifs is 1. The summed E-state index contributed by atoms with van der Waals surface area (Å²) in [4.78, 5) is 116. The van der Waals surface area contributed by atoms with Crippen LogP contribution < -0.4 is 53.6 Å². The molecule has 0 saturated heterocycles. The SMILES string of the molecule is CCOc1nc(N)c2[nH]c(=O)n(Cc3ccc(CN(Cc4ccc(CN)cc4)C(=O)OCc4ccc(NC(=O)[C@H](CCCNC(N)=O)NC(=O)[C@@H](NC(=O)CCOCCOCCOCCN5C(=O)C=CC5=O)C(C)C)cc4)cc3OC)c2n1. The molecule has 3 heterocycles. The maximum Gasteiger partial charge on any atom is 0.410 e. The maximum atomic E-state index is 14.0. The molecule has 0 unspecified atom stereocenters. The Kier molecular flexibility index (Phi) is 24.3. The van der Waals surface area contributed by atoms with Gasteiger partial charge in [0.15, 0.2) is 11.5 Å². The molecule has 2 aromatic heterocycles. The van der Waals surface area contributed by atoms with Gasteiger partial charge in [-0.2, -0.15) is 9.97 Å². The Morgan fingerprint density at radius 3 is 2.07 bits per heavy atom. The molecule has 0 spiro atoms. The zero-order chi connectivity index (χ0) is 59.8. The lowest BCUT2D eigenvalue weighted by molar-refractivity contribution is -0.137. The fourth-order valence-electron chi connectivity index (χ4n) is 8.46. The van der Waals surface area contributed by atoms with Crippen molar-refractivity contribution in [2.75, 3.05) is 77.5 Å². The van der Waals surface area contributed by atoms with E-state index in [1.807, 2.05) is 30.3 Å². The number of nitrogen functional groups attached to an aromatic ring is 1. The first kappa shape index (κ1) is 63.3. The van der Waals surface area contributed by atoms with E-state index in [0.717, 1.165) is 16.0 Å². The molecule has 2 atom stereocenters. The van der Waals surface area contributed by atoms with Gasteiger partial charge in [-0.1, -0.05) is 62.4 Å². The molecule has 83 heavy (non-hydrogen) atoms. The summed E-state index contributed by atoms with van der Waals surface area (Å²) in [6.45, 7) is 7.54. The number of anilines is 2. The number of imidazole rings is 1. The van der Waals surface area contributed by atoms with Crippen molar-refractivity contribution >= 4 is 64.3 Å². The molecule has 3 aromatic carbocycles. The molecule has 0 aliphatic carbocycles. The molecule has 27 heteroatoms. The first-order chi connectivity index (χ1) is 40.0. The number of nitrogens with two attached hydrogens (primary N) is 3. The van der Waals surface area contributed by atoms with E-state index in [1.54, 1.807) is 57.2 Å². The number of nitrogens with zero attached hydrogens (tertiary/aromatic N) is 5. The number of aromatic nitrogens is 4. The molecule has 446 valence electrons. The Bertz CT molecular complexity index is 3090. The van der Waals surface area contributed by atoms with Crippen molar-refractivity contribution in [2.24, 2.45) is 17.4 Å². The number of hydrogen-bond acceptors (Lipinski definition) is 18. The smallest absolute Gasteiger partial charge is 0.410 e. The summed E-state index contributed by atoms with van der Waals surface area (Å²) in [7, 11) is 1.50. The normalized spacial score (nSPS) is 12.8. The van der Waals surface area contributed by atoms with Crippen molar-refractivity contribution in [1.82, 2.24) is 45.3 Å². The van der Waals surface area contributed by atoms with Gasteiger partial charge < -0.3 is 71.9 Å². The third-order valence-electron chi connectivity index (χ3n) is 12.9. The fraction of sp³-hybridized carbons (Fsp3) is 0.429. The third kappa shape index (κ3) is 19.4. The second-order valence-corrected chi connectivity index (χ2v) is 19.3. The van der Waals surface area contributed by atoms with Crippen molar-refractivity contribution in [1.29, 1.82) is 0 Å².